The van der Waals surface area contributed by atoms with Crippen LogP contribution in [0.5, 0.6) is 0 Å². The first-order chi connectivity index (χ1) is 12.4. The topological polar surface area (TPSA) is 77.9 Å². The fourth-order valence-electron chi connectivity index (χ4n) is 4.27. The molecule has 2 amide bonds. The molecule has 0 spiro atoms. The first-order valence-electron chi connectivity index (χ1n) is 9.35. The molecule has 0 bridgehead atoms. The Labute approximate surface area is 153 Å². The number of hydrogen-bond acceptors (Lipinski definition) is 3. The Bertz CT molecular complexity index is 718. The smallest absolute Gasteiger partial charge is 0.326 e. The van der Waals surface area contributed by atoms with Gasteiger partial charge in [0.15, 0.2) is 0 Å². The minimum absolute atomic E-state index is 0.00461. The summed E-state index contributed by atoms with van der Waals surface area (Å²) in [5.41, 5.74) is 0.837. The van der Waals surface area contributed by atoms with Crippen LogP contribution in [-0.4, -0.2) is 58.4 Å². The first kappa shape index (κ1) is 18.4. The van der Waals surface area contributed by atoms with Crippen LogP contribution in [0.4, 0.5) is 0 Å². The van der Waals surface area contributed by atoms with Crippen molar-refractivity contribution in [3.05, 3.63) is 35.4 Å². The number of amides is 2. The van der Waals surface area contributed by atoms with Gasteiger partial charge in [-0.2, -0.15) is 0 Å². The van der Waals surface area contributed by atoms with Crippen molar-refractivity contribution in [3.63, 3.8) is 0 Å². The van der Waals surface area contributed by atoms with Crippen molar-refractivity contribution < 1.29 is 19.5 Å². The van der Waals surface area contributed by atoms with Crippen LogP contribution in [-0.2, 0) is 4.79 Å². The SMILES string of the molecule is CCN(C)C(=O)c1cccc(C(=O)N2C(C(=O)O)CC3CCCCC32)c1. The fourth-order valence-corrected chi connectivity index (χ4v) is 4.27. The number of rotatable bonds is 4. The van der Waals surface area contributed by atoms with Gasteiger partial charge in [-0.1, -0.05) is 18.9 Å². The standard InChI is InChI=1S/C20H26N2O4/c1-3-21(2)18(23)14-8-6-9-15(11-14)19(24)22-16-10-5-4-7-13(16)12-17(22)20(25)26/h6,8-9,11,13,16-17H,3-5,7,10,12H2,1-2H3,(H,25,26). The Kier molecular flexibility index (Phi) is 5.30. The fraction of sp³-hybridized carbons (Fsp3) is 0.550. The number of carboxylic acid groups (broad SMARTS) is 1. The van der Waals surface area contributed by atoms with Gasteiger partial charge in [0.2, 0.25) is 0 Å². The predicted octanol–water partition coefficient (Wildman–Crippen LogP) is 2.64. The number of carboxylic acids is 1. The molecule has 3 unspecified atom stereocenters. The van der Waals surface area contributed by atoms with Gasteiger partial charge in [0.1, 0.15) is 6.04 Å². The average Bonchev–Trinajstić information content (AvgIpc) is 3.06. The third-order valence-corrected chi connectivity index (χ3v) is 5.79. The summed E-state index contributed by atoms with van der Waals surface area (Å²) in [6.07, 6.45) is 4.50. The number of aliphatic carboxylic acids is 1. The number of carbonyl (C=O) groups is 3. The van der Waals surface area contributed by atoms with E-state index in [0.717, 1.165) is 25.7 Å². The van der Waals surface area contributed by atoms with E-state index in [0.29, 0.717) is 24.1 Å². The number of hydrogen-bond donors (Lipinski definition) is 1. The minimum Gasteiger partial charge on any atom is -0.480 e. The maximum atomic E-state index is 13.2. The van der Waals surface area contributed by atoms with Crippen molar-refractivity contribution in [1.29, 1.82) is 0 Å². The van der Waals surface area contributed by atoms with Gasteiger partial charge >= 0.3 is 5.97 Å². The highest BCUT2D eigenvalue weighted by atomic mass is 16.4. The molecule has 6 nitrogen and oxygen atoms in total. The van der Waals surface area contributed by atoms with Crippen molar-refractivity contribution in [2.24, 2.45) is 5.92 Å². The van der Waals surface area contributed by atoms with Crippen LogP contribution in [0.3, 0.4) is 0 Å². The molecule has 1 N–H and O–H groups in total. The van der Waals surface area contributed by atoms with Gasteiger partial charge in [0, 0.05) is 30.8 Å². The molecule has 1 heterocycles. The summed E-state index contributed by atoms with van der Waals surface area (Å²) in [6, 6.07) is 5.86. The summed E-state index contributed by atoms with van der Waals surface area (Å²) in [4.78, 5) is 40.4. The molecule has 1 aromatic carbocycles. The van der Waals surface area contributed by atoms with Gasteiger partial charge in [0.05, 0.1) is 0 Å². The van der Waals surface area contributed by atoms with Crippen molar-refractivity contribution in [3.8, 4) is 0 Å². The molecule has 1 aliphatic heterocycles. The van der Waals surface area contributed by atoms with Gasteiger partial charge in [0.25, 0.3) is 11.8 Å². The zero-order valence-electron chi connectivity index (χ0n) is 15.4. The molecular formula is C20H26N2O4. The van der Waals surface area contributed by atoms with Crippen LogP contribution in [0, 0.1) is 5.92 Å². The van der Waals surface area contributed by atoms with Crippen molar-refractivity contribution in [2.45, 2.75) is 51.1 Å². The Hall–Kier alpha value is -2.37. The van der Waals surface area contributed by atoms with Crippen molar-refractivity contribution in [1.82, 2.24) is 9.80 Å². The normalized spacial score (nSPS) is 24.8. The van der Waals surface area contributed by atoms with Gasteiger partial charge < -0.3 is 14.9 Å². The van der Waals surface area contributed by atoms with Crippen molar-refractivity contribution >= 4 is 17.8 Å². The lowest BCUT2D eigenvalue weighted by Crippen LogP contribution is -2.46. The summed E-state index contributed by atoms with van der Waals surface area (Å²) in [6.45, 7) is 2.46. The van der Waals surface area contributed by atoms with Gasteiger partial charge in [-0.15, -0.1) is 0 Å². The predicted molar refractivity (Wildman–Crippen MR) is 97.0 cm³/mol. The molecule has 26 heavy (non-hydrogen) atoms. The van der Waals surface area contributed by atoms with E-state index in [1.54, 1.807) is 41.1 Å². The average molecular weight is 358 g/mol. The van der Waals surface area contributed by atoms with E-state index in [-0.39, 0.29) is 23.8 Å². The quantitative estimate of drug-likeness (QED) is 0.897. The molecule has 1 saturated carbocycles. The highest BCUT2D eigenvalue weighted by Gasteiger charge is 2.47. The van der Waals surface area contributed by atoms with Crippen LogP contribution < -0.4 is 0 Å². The second-order valence-electron chi connectivity index (χ2n) is 7.31. The Morgan fingerprint density at radius 1 is 1.19 bits per heavy atom. The van der Waals surface area contributed by atoms with Gasteiger partial charge in [-0.3, -0.25) is 9.59 Å². The molecule has 140 valence electrons. The van der Waals surface area contributed by atoms with Crippen LogP contribution in [0.2, 0.25) is 0 Å². The molecule has 0 aromatic heterocycles. The van der Waals surface area contributed by atoms with Crippen LogP contribution in [0.1, 0.15) is 59.7 Å². The molecule has 6 heteroatoms. The van der Waals surface area contributed by atoms with E-state index in [4.69, 9.17) is 0 Å². The van der Waals surface area contributed by atoms with Gasteiger partial charge in [-0.25, -0.2) is 4.79 Å². The third kappa shape index (κ3) is 3.32. The van der Waals surface area contributed by atoms with E-state index >= 15 is 0 Å². The summed E-state index contributed by atoms with van der Waals surface area (Å²) in [5.74, 6) is -1.09. The zero-order chi connectivity index (χ0) is 18.8. The maximum absolute atomic E-state index is 13.2. The van der Waals surface area contributed by atoms with Crippen molar-refractivity contribution in [2.75, 3.05) is 13.6 Å². The Balaban J connectivity index is 1.89. The molecule has 0 radical (unpaired) electrons. The lowest BCUT2D eigenvalue weighted by molar-refractivity contribution is -0.141. The highest BCUT2D eigenvalue weighted by molar-refractivity contribution is 6.01. The van der Waals surface area contributed by atoms with Crippen LogP contribution in [0.25, 0.3) is 0 Å². The Morgan fingerprint density at radius 2 is 1.88 bits per heavy atom. The molecule has 1 aliphatic carbocycles. The summed E-state index contributed by atoms with van der Waals surface area (Å²) in [5, 5.41) is 9.62. The summed E-state index contributed by atoms with van der Waals surface area (Å²) >= 11 is 0. The minimum atomic E-state index is -0.939. The molecule has 3 rings (SSSR count). The second kappa shape index (κ2) is 7.48. The number of benzene rings is 1. The molecular weight excluding hydrogens is 332 g/mol. The molecule has 1 aromatic rings. The highest BCUT2D eigenvalue weighted by Crippen LogP contribution is 2.40. The number of fused-ring (bicyclic) bond motifs is 1. The number of nitrogens with zero attached hydrogens (tertiary/aromatic N) is 2. The first-order valence-corrected chi connectivity index (χ1v) is 9.35. The second-order valence-corrected chi connectivity index (χ2v) is 7.31. The largest absolute Gasteiger partial charge is 0.480 e. The van der Waals surface area contributed by atoms with Crippen LogP contribution >= 0.6 is 0 Å². The summed E-state index contributed by atoms with van der Waals surface area (Å²) in [7, 11) is 1.71. The molecule has 2 fully saturated rings. The molecule has 3 atom stereocenters. The van der Waals surface area contributed by atoms with E-state index in [2.05, 4.69) is 0 Å². The Morgan fingerprint density at radius 3 is 2.58 bits per heavy atom. The van der Waals surface area contributed by atoms with E-state index in [1.165, 1.54) is 0 Å². The maximum Gasteiger partial charge on any atom is 0.326 e. The zero-order valence-corrected chi connectivity index (χ0v) is 15.4. The monoisotopic (exact) mass is 358 g/mol. The molecule has 1 saturated heterocycles. The van der Waals surface area contributed by atoms with E-state index in [1.807, 2.05) is 6.92 Å². The van der Waals surface area contributed by atoms with E-state index < -0.39 is 12.0 Å². The van der Waals surface area contributed by atoms with E-state index in [9.17, 15) is 19.5 Å². The summed E-state index contributed by atoms with van der Waals surface area (Å²) < 4.78 is 0. The molecule has 2 aliphatic rings. The lowest BCUT2D eigenvalue weighted by atomic mass is 9.84. The number of likely N-dealkylation sites (tertiary alicyclic amines) is 1. The van der Waals surface area contributed by atoms with Gasteiger partial charge in [-0.05, 0) is 50.3 Å². The third-order valence-electron chi connectivity index (χ3n) is 5.79. The number of carbonyl (C=O) groups excluding carboxylic acids is 2. The lowest BCUT2D eigenvalue weighted by Gasteiger charge is -2.33. The van der Waals surface area contributed by atoms with Crippen LogP contribution in [0.15, 0.2) is 24.3 Å².